The molecular weight excluding hydrogens is 1140 g/mol. The van der Waals surface area contributed by atoms with Crippen molar-refractivity contribution < 1.29 is 39.8 Å². The van der Waals surface area contributed by atoms with Crippen molar-refractivity contribution in [1.29, 1.82) is 0 Å². The number of allylic oxidation sites excluding steroid dienone is 3. The molecule has 1 aliphatic heterocycles. The quantitative estimate of drug-likeness (QED) is 0.0261. The van der Waals surface area contributed by atoms with E-state index in [9.17, 15) is 30.3 Å². The predicted octanol–water partition coefficient (Wildman–Crippen LogP) is 23.9. The largest absolute Gasteiger partial charge is 0.394 e. The van der Waals surface area contributed by atoms with Crippen LogP contribution in [0.5, 0.6) is 0 Å². The number of carbonyl (C=O) groups excluding carboxylic acids is 1. The second kappa shape index (κ2) is 72.4. The summed E-state index contributed by atoms with van der Waals surface area (Å²) >= 11 is 0. The lowest BCUT2D eigenvalue weighted by Gasteiger charge is -2.40. The Labute approximate surface area is 572 Å². The highest BCUT2D eigenvalue weighted by molar-refractivity contribution is 5.76. The van der Waals surface area contributed by atoms with Crippen LogP contribution in [0.2, 0.25) is 0 Å². The van der Waals surface area contributed by atoms with Crippen molar-refractivity contribution in [2.45, 2.75) is 487 Å². The van der Waals surface area contributed by atoms with E-state index in [-0.39, 0.29) is 12.5 Å². The number of ether oxygens (including phenoxy) is 2. The van der Waals surface area contributed by atoms with Crippen molar-refractivity contribution in [3.63, 3.8) is 0 Å². The van der Waals surface area contributed by atoms with Gasteiger partial charge in [0.25, 0.3) is 0 Å². The molecule has 0 radical (unpaired) electrons. The fraction of sp³-hybridized carbons (Fsp3) is 0.940. The fourth-order valence-corrected chi connectivity index (χ4v) is 13.8. The molecule has 1 aliphatic rings. The number of nitrogens with one attached hydrogen (secondary N) is 1. The molecule has 9 nitrogen and oxygen atoms in total. The minimum atomic E-state index is -1.57. The zero-order chi connectivity index (χ0) is 66.4. The molecular formula is C83H161NO8. The number of aliphatic hydroxyl groups is 5. The molecule has 1 amide bonds. The van der Waals surface area contributed by atoms with E-state index in [1.807, 2.05) is 6.08 Å². The van der Waals surface area contributed by atoms with Crippen LogP contribution >= 0.6 is 0 Å². The van der Waals surface area contributed by atoms with Gasteiger partial charge in [-0.15, -0.1) is 0 Å². The predicted molar refractivity (Wildman–Crippen MR) is 397 cm³/mol. The lowest BCUT2D eigenvalue weighted by Crippen LogP contribution is -2.60. The third-order valence-electron chi connectivity index (χ3n) is 20.3. The number of aliphatic hydroxyl groups excluding tert-OH is 5. The Balaban J connectivity index is 2.02. The van der Waals surface area contributed by atoms with E-state index in [1.165, 1.54) is 385 Å². The smallest absolute Gasteiger partial charge is 0.220 e. The van der Waals surface area contributed by atoms with Gasteiger partial charge in [0.2, 0.25) is 5.91 Å². The summed E-state index contributed by atoms with van der Waals surface area (Å²) in [5.41, 5.74) is 0. The number of amides is 1. The van der Waals surface area contributed by atoms with Gasteiger partial charge in [-0.05, 0) is 44.9 Å². The van der Waals surface area contributed by atoms with Gasteiger partial charge in [-0.25, -0.2) is 0 Å². The van der Waals surface area contributed by atoms with E-state index in [4.69, 9.17) is 9.47 Å². The Morgan fingerprint density at radius 2 is 0.609 bits per heavy atom. The summed E-state index contributed by atoms with van der Waals surface area (Å²) in [6, 6.07) is -0.804. The van der Waals surface area contributed by atoms with Crippen LogP contribution in [0.15, 0.2) is 24.3 Å². The Bertz CT molecular complexity index is 1510. The average Bonchev–Trinajstić information content (AvgIpc) is 1.00. The Morgan fingerprint density at radius 3 is 0.880 bits per heavy atom. The average molecular weight is 1300 g/mol. The minimum Gasteiger partial charge on any atom is -0.394 e. The summed E-state index contributed by atoms with van der Waals surface area (Å²) < 4.78 is 11.4. The van der Waals surface area contributed by atoms with Gasteiger partial charge < -0.3 is 40.3 Å². The van der Waals surface area contributed by atoms with Crippen molar-refractivity contribution in [2.24, 2.45) is 0 Å². The summed E-state index contributed by atoms with van der Waals surface area (Å²) in [5, 5.41) is 54.9. The first-order valence-corrected chi connectivity index (χ1v) is 41.6. The zero-order valence-corrected chi connectivity index (χ0v) is 61.6. The molecule has 9 heteroatoms. The van der Waals surface area contributed by atoms with E-state index in [0.717, 1.165) is 38.5 Å². The molecule has 92 heavy (non-hydrogen) atoms. The number of unbranched alkanes of at least 4 members (excludes halogenated alkanes) is 63. The maximum absolute atomic E-state index is 13.2. The van der Waals surface area contributed by atoms with Crippen LogP contribution in [0.4, 0.5) is 0 Å². The molecule has 0 spiro atoms. The first kappa shape index (κ1) is 88.7. The summed E-state index contributed by atoms with van der Waals surface area (Å²) in [5.74, 6) is -0.166. The first-order chi connectivity index (χ1) is 45.3. The van der Waals surface area contributed by atoms with Crippen LogP contribution in [0.25, 0.3) is 0 Å². The SMILES string of the molecule is CCCCCCCCCC/C=C\CCCCCCCCCCCCCCCCCCCCCCCCCCCCCCCC(=O)NC(COC1OC(CO)C(O)C(O)C1O)C(O)/C=C/CCCCCCCCCCCCCCCCCCCCCCCCCCCC. The molecule has 0 aromatic carbocycles. The highest BCUT2D eigenvalue weighted by Crippen LogP contribution is 2.24. The molecule has 0 aromatic heterocycles. The third kappa shape index (κ3) is 59.9. The molecule has 1 rings (SSSR count). The normalized spacial score (nSPS) is 17.7. The molecule has 1 fully saturated rings. The highest BCUT2D eigenvalue weighted by atomic mass is 16.7. The van der Waals surface area contributed by atoms with Crippen LogP contribution in [-0.4, -0.2) is 87.5 Å². The lowest BCUT2D eigenvalue weighted by atomic mass is 9.99. The van der Waals surface area contributed by atoms with Crippen LogP contribution in [0.3, 0.4) is 0 Å². The minimum absolute atomic E-state index is 0.166. The molecule has 7 atom stereocenters. The molecule has 1 heterocycles. The van der Waals surface area contributed by atoms with Crippen molar-refractivity contribution in [3.05, 3.63) is 24.3 Å². The second-order valence-corrected chi connectivity index (χ2v) is 29.3. The Morgan fingerprint density at radius 1 is 0.359 bits per heavy atom. The molecule has 546 valence electrons. The maximum atomic E-state index is 13.2. The van der Waals surface area contributed by atoms with Gasteiger partial charge in [0.15, 0.2) is 6.29 Å². The van der Waals surface area contributed by atoms with Crippen LogP contribution in [-0.2, 0) is 14.3 Å². The van der Waals surface area contributed by atoms with E-state index < -0.39 is 49.5 Å². The zero-order valence-electron chi connectivity index (χ0n) is 61.6. The van der Waals surface area contributed by atoms with Gasteiger partial charge in [0, 0.05) is 6.42 Å². The molecule has 7 unspecified atom stereocenters. The maximum Gasteiger partial charge on any atom is 0.220 e. The highest BCUT2D eigenvalue weighted by Gasteiger charge is 2.44. The number of hydrogen-bond donors (Lipinski definition) is 6. The summed E-state index contributed by atoms with van der Waals surface area (Å²) in [6.07, 6.45) is 90.7. The first-order valence-electron chi connectivity index (χ1n) is 41.6. The topological polar surface area (TPSA) is 149 Å². The van der Waals surface area contributed by atoms with Gasteiger partial charge in [-0.2, -0.15) is 0 Å². The summed E-state index contributed by atoms with van der Waals surface area (Å²) in [7, 11) is 0. The van der Waals surface area contributed by atoms with Crippen molar-refractivity contribution in [2.75, 3.05) is 13.2 Å². The molecule has 0 bridgehead atoms. The molecule has 0 saturated carbocycles. The third-order valence-corrected chi connectivity index (χ3v) is 20.3. The van der Waals surface area contributed by atoms with Crippen LogP contribution in [0, 0.1) is 0 Å². The summed E-state index contributed by atoms with van der Waals surface area (Å²) in [4.78, 5) is 13.2. The fourth-order valence-electron chi connectivity index (χ4n) is 13.8. The van der Waals surface area contributed by atoms with Gasteiger partial charge in [0.1, 0.15) is 24.4 Å². The Hall–Kier alpha value is -1.33. The molecule has 6 N–H and O–H groups in total. The monoisotopic (exact) mass is 1300 g/mol. The van der Waals surface area contributed by atoms with Crippen molar-refractivity contribution in [3.8, 4) is 0 Å². The molecule has 1 saturated heterocycles. The second-order valence-electron chi connectivity index (χ2n) is 29.3. The van der Waals surface area contributed by atoms with E-state index >= 15 is 0 Å². The number of rotatable bonds is 75. The standard InChI is InChI=1S/C83H161NO8/c1-3-5-7-9-11-13-15-17-19-21-23-25-27-29-31-33-34-35-36-37-38-39-40-41-42-43-44-45-47-49-51-53-55-57-59-61-63-65-67-69-71-73-79(87)84-76(75-91-83-82(90)81(89)80(88)78(74-85)92-83)77(86)72-70-68-66-64-62-60-58-56-54-52-50-48-46-32-30-28-26-24-22-20-18-16-14-12-10-8-6-4-2/h21,23,70,72,76-78,80-83,85-86,88-90H,3-20,22,24-69,71,73-75H2,1-2H3,(H,84,87)/b23-21-,72-70+. The van der Waals surface area contributed by atoms with E-state index in [0.29, 0.717) is 6.42 Å². The van der Waals surface area contributed by atoms with Crippen LogP contribution in [0.1, 0.15) is 444 Å². The van der Waals surface area contributed by atoms with Crippen LogP contribution < -0.4 is 5.32 Å². The number of carbonyl (C=O) groups is 1. The van der Waals surface area contributed by atoms with Gasteiger partial charge in [-0.3, -0.25) is 4.79 Å². The molecule has 0 aliphatic carbocycles. The van der Waals surface area contributed by atoms with Gasteiger partial charge in [0.05, 0.1) is 25.4 Å². The van der Waals surface area contributed by atoms with E-state index in [2.05, 4.69) is 31.3 Å². The number of hydrogen-bond acceptors (Lipinski definition) is 8. The van der Waals surface area contributed by atoms with Gasteiger partial charge >= 0.3 is 0 Å². The van der Waals surface area contributed by atoms with Crippen molar-refractivity contribution >= 4 is 5.91 Å². The van der Waals surface area contributed by atoms with Crippen molar-refractivity contribution in [1.82, 2.24) is 5.32 Å². The Kier molecular flexibility index (Phi) is 69.8. The molecule has 0 aromatic rings. The lowest BCUT2D eigenvalue weighted by molar-refractivity contribution is -0.302. The summed E-state index contributed by atoms with van der Waals surface area (Å²) in [6.45, 7) is 3.85. The van der Waals surface area contributed by atoms with E-state index in [1.54, 1.807) is 6.08 Å². The van der Waals surface area contributed by atoms with Gasteiger partial charge in [-0.1, -0.05) is 417 Å².